The SMILES string of the molecule is Cc1cc(CNC(=O)c2c(N)cnn2C)no1. The molecule has 0 aliphatic heterocycles. The fourth-order valence-electron chi connectivity index (χ4n) is 1.49. The maximum atomic E-state index is 11.8. The van der Waals surface area contributed by atoms with Crippen molar-refractivity contribution in [2.75, 3.05) is 5.73 Å². The van der Waals surface area contributed by atoms with E-state index in [2.05, 4.69) is 15.6 Å². The molecular weight excluding hydrogens is 222 g/mol. The van der Waals surface area contributed by atoms with Crippen LogP contribution < -0.4 is 11.1 Å². The Hall–Kier alpha value is -2.31. The number of hydrogen-bond donors (Lipinski definition) is 2. The van der Waals surface area contributed by atoms with Crippen molar-refractivity contribution in [2.24, 2.45) is 7.05 Å². The molecule has 2 rings (SSSR count). The second-order valence-corrected chi connectivity index (χ2v) is 3.68. The first kappa shape index (κ1) is 11.2. The zero-order valence-corrected chi connectivity index (χ0v) is 9.60. The van der Waals surface area contributed by atoms with Crippen LogP contribution in [-0.2, 0) is 13.6 Å². The lowest BCUT2D eigenvalue weighted by Crippen LogP contribution is -2.26. The number of nitrogens with two attached hydrogens (primary N) is 1. The lowest BCUT2D eigenvalue weighted by atomic mass is 10.3. The first-order valence-corrected chi connectivity index (χ1v) is 5.06. The Morgan fingerprint density at radius 1 is 1.65 bits per heavy atom. The second kappa shape index (κ2) is 4.28. The molecule has 2 aromatic rings. The van der Waals surface area contributed by atoms with Crippen LogP contribution in [0.3, 0.4) is 0 Å². The average molecular weight is 235 g/mol. The Labute approximate surface area is 97.6 Å². The molecule has 2 aromatic heterocycles. The van der Waals surface area contributed by atoms with Crippen molar-refractivity contribution in [1.82, 2.24) is 20.3 Å². The van der Waals surface area contributed by atoms with Gasteiger partial charge in [-0.25, -0.2) is 0 Å². The molecule has 0 bridgehead atoms. The van der Waals surface area contributed by atoms with E-state index in [9.17, 15) is 4.79 Å². The van der Waals surface area contributed by atoms with Crippen molar-refractivity contribution in [2.45, 2.75) is 13.5 Å². The molecule has 2 heterocycles. The summed E-state index contributed by atoms with van der Waals surface area (Å²) in [6.07, 6.45) is 1.44. The summed E-state index contributed by atoms with van der Waals surface area (Å²) in [5, 5.41) is 10.4. The van der Waals surface area contributed by atoms with Crippen LogP contribution in [0, 0.1) is 6.92 Å². The summed E-state index contributed by atoms with van der Waals surface area (Å²) in [4.78, 5) is 11.8. The third-order valence-corrected chi connectivity index (χ3v) is 2.29. The van der Waals surface area contributed by atoms with Crippen molar-refractivity contribution in [3.63, 3.8) is 0 Å². The van der Waals surface area contributed by atoms with Crippen LogP contribution in [0.2, 0.25) is 0 Å². The van der Waals surface area contributed by atoms with Gasteiger partial charge in [0.1, 0.15) is 17.1 Å². The Morgan fingerprint density at radius 3 is 2.94 bits per heavy atom. The van der Waals surface area contributed by atoms with Crippen LogP contribution in [0.4, 0.5) is 5.69 Å². The van der Waals surface area contributed by atoms with Crippen molar-refractivity contribution in [1.29, 1.82) is 0 Å². The predicted molar refractivity (Wildman–Crippen MR) is 60.0 cm³/mol. The Morgan fingerprint density at radius 2 is 2.41 bits per heavy atom. The van der Waals surface area contributed by atoms with Crippen molar-refractivity contribution in [3.05, 3.63) is 29.4 Å². The predicted octanol–water partition coefficient (Wildman–Crippen LogP) is 0.229. The molecule has 0 radical (unpaired) electrons. The van der Waals surface area contributed by atoms with Gasteiger partial charge in [0, 0.05) is 13.1 Å². The quantitative estimate of drug-likeness (QED) is 0.793. The van der Waals surface area contributed by atoms with Crippen LogP contribution in [0.5, 0.6) is 0 Å². The van der Waals surface area contributed by atoms with Gasteiger partial charge in [0.05, 0.1) is 18.4 Å². The maximum absolute atomic E-state index is 11.8. The summed E-state index contributed by atoms with van der Waals surface area (Å²) < 4.78 is 6.32. The van der Waals surface area contributed by atoms with Gasteiger partial charge < -0.3 is 15.6 Å². The number of nitrogens with zero attached hydrogens (tertiary/aromatic N) is 3. The zero-order chi connectivity index (χ0) is 12.4. The van der Waals surface area contributed by atoms with Gasteiger partial charge in [0.15, 0.2) is 0 Å². The standard InChI is InChI=1S/C10H13N5O2/c1-6-3-7(14-17-6)4-12-10(16)9-8(11)5-13-15(9)2/h3,5H,4,11H2,1-2H3,(H,12,16). The van der Waals surface area contributed by atoms with E-state index in [0.29, 0.717) is 29.4 Å². The molecule has 3 N–H and O–H groups in total. The molecule has 1 amide bonds. The number of aryl methyl sites for hydroxylation is 2. The Bertz CT molecular complexity index is 523. The molecule has 0 aliphatic rings. The molecule has 0 saturated carbocycles. The summed E-state index contributed by atoms with van der Waals surface area (Å²) >= 11 is 0. The molecule has 0 atom stereocenters. The van der Waals surface area contributed by atoms with Crippen LogP contribution >= 0.6 is 0 Å². The summed E-state index contributed by atoms with van der Waals surface area (Å²) in [6.45, 7) is 2.08. The molecule has 7 nitrogen and oxygen atoms in total. The molecule has 0 unspecified atom stereocenters. The van der Waals surface area contributed by atoms with E-state index in [0.717, 1.165) is 0 Å². The third-order valence-electron chi connectivity index (χ3n) is 2.29. The minimum Gasteiger partial charge on any atom is -0.396 e. The third kappa shape index (κ3) is 2.27. The molecule has 0 fully saturated rings. The molecule has 0 aromatic carbocycles. The summed E-state index contributed by atoms with van der Waals surface area (Å²) in [7, 11) is 1.66. The highest BCUT2D eigenvalue weighted by atomic mass is 16.5. The summed E-state index contributed by atoms with van der Waals surface area (Å²) in [6, 6.07) is 1.76. The number of nitrogen functional groups attached to an aromatic ring is 1. The van der Waals surface area contributed by atoms with E-state index in [1.54, 1.807) is 20.0 Å². The highest BCUT2D eigenvalue weighted by Gasteiger charge is 2.14. The van der Waals surface area contributed by atoms with E-state index in [1.807, 2.05) is 0 Å². The van der Waals surface area contributed by atoms with E-state index in [1.165, 1.54) is 10.9 Å². The summed E-state index contributed by atoms with van der Waals surface area (Å²) in [5.41, 5.74) is 6.99. The van der Waals surface area contributed by atoms with E-state index >= 15 is 0 Å². The number of aromatic nitrogens is 3. The van der Waals surface area contributed by atoms with Gasteiger partial charge in [-0.1, -0.05) is 5.16 Å². The number of anilines is 1. The Kier molecular flexibility index (Phi) is 2.82. The van der Waals surface area contributed by atoms with Crippen LogP contribution in [-0.4, -0.2) is 20.8 Å². The molecule has 0 saturated heterocycles. The lowest BCUT2D eigenvalue weighted by Gasteiger charge is -2.04. The average Bonchev–Trinajstić information content (AvgIpc) is 2.83. The van der Waals surface area contributed by atoms with Crippen molar-refractivity contribution < 1.29 is 9.32 Å². The monoisotopic (exact) mass is 235 g/mol. The fourth-order valence-corrected chi connectivity index (χ4v) is 1.49. The summed E-state index contributed by atoms with van der Waals surface area (Å²) in [5.74, 6) is 0.414. The minimum absolute atomic E-state index is 0.289. The zero-order valence-electron chi connectivity index (χ0n) is 9.60. The van der Waals surface area contributed by atoms with E-state index in [4.69, 9.17) is 10.3 Å². The largest absolute Gasteiger partial charge is 0.396 e. The minimum atomic E-state index is -0.289. The number of rotatable bonds is 3. The Balaban J connectivity index is 2.03. The molecule has 17 heavy (non-hydrogen) atoms. The van der Waals surface area contributed by atoms with Crippen LogP contribution in [0.25, 0.3) is 0 Å². The van der Waals surface area contributed by atoms with E-state index < -0.39 is 0 Å². The van der Waals surface area contributed by atoms with E-state index in [-0.39, 0.29) is 5.91 Å². The number of carbonyl (C=O) groups excluding carboxylic acids is 1. The molecule has 90 valence electrons. The smallest absolute Gasteiger partial charge is 0.272 e. The highest BCUT2D eigenvalue weighted by Crippen LogP contribution is 2.09. The number of hydrogen-bond acceptors (Lipinski definition) is 5. The number of carbonyl (C=O) groups is 1. The van der Waals surface area contributed by atoms with Gasteiger partial charge in [-0.3, -0.25) is 9.48 Å². The maximum Gasteiger partial charge on any atom is 0.272 e. The number of nitrogens with one attached hydrogen (secondary N) is 1. The number of amides is 1. The molecule has 7 heteroatoms. The van der Waals surface area contributed by atoms with Gasteiger partial charge in [-0.2, -0.15) is 5.10 Å². The fraction of sp³-hybridized carbons (Fsp3) is 0.300. The molecular formula is C10H13N5O2. The first-order valence-electron chi connectivity index (χ1n) is 5.06. The van der Waals surface area contributed by atoms with Crippen molar-refractivity contribution in [3.8, 4) is 0 Å². The van der Waals surface area contributed by atoms with Crippen LogP contribution in [0.15, 0.2) is 16.8 Å². The van der Waals surface area contributed by atoms with Gasteiger partial charge in [-0.05, 0) is 6.92 Å². The van der Waals surface area contributed by atoms with Crippen LogP contribution in [0.1, 0.15) is 21.9 Å². The highest BCUT2D eigenvalue weighted by molar-refractivity contribution is 5.97. The topological polar surface area (TPSA) is 99.0 Å². The van der Waals surface area contributed by atoms with Gasteiger partial charge in [-0.15, -0.1) is 0 Å². The van der Waals surface area contributed by atoms with Crippen molar-refractivity contribution >= 4 is 11.6 Å². The van der Waals surface area contributed by atoms with Gasteiger partial charge in [0.2, 0.25) is 0 Å². The second-order valence-electron chi connectivity index (χ2n) is 3.68. The normalized spacial score (nSPS) is 10.5. The molecule has 0 aliphatic carbocycles. The first-order chi connectivity index (χ1) is 8.08. The van der Waals surface area contributed by atoms with Gasteiger partial charge >= 0.3 is 0 Å². The van der Waals surface area contributed by atoms with Gasteiger partial charge in [0.25, 0.3) is 5.91 Å². The lowest BCUT2D eigenvalue weighted by molar-refractivity contribution is 0.0941. The molecule has 0 spiro atoms.